The highest BCUT2D eigenvalue weighted by Gasteiger charge is 2.52. The van der Waals surface area contributed by atoms with Crippen LogP contribution in [0, 0.1) is 0 Å². The Morgan fingerprint density at radius 2 is 1.67 bits per heavy atom. The quantitative estimate of drug-likeness (QED) is 0.801. The molecule has 0 unspecified atom stereocenters. The molecule has 0 amide bonds. The first-order chi connectivity index (χ1) is 9.66. The van der Waals surface area contributed by atoms with Crippen LogP contribution in [-0.2, 0) is 9.31 Å². The molecule has 0 radical (unpaired) electrons. The highest BCUT2D eigenvalue weighted by molar-refractivity contribution is 6.63. The van der Waals surface area contributed by atoms with E-state index < -0.39 is 24.9 Å². The van der Waals surface area contributed by atoms with E-state index in [1.54, 1.807) is 6.07 Å². The van der Waals surface area contributed by atoms with Crippen molar-refractivity contribution in [3.05, 3.63) is 18.2 Å². The SMILES string of the molecule is COc1cc(OC(F)F)ccc1B1OC(C)(C)C(C)(C)O1. The molecule has 1 aromatic carbocycles. The first kappa shape index (κ1) is 16.0. The molecule has 0 aliphatic carbocycles. The van der Waals surface area contributed by atoms with E-state index in [4.69, 9.17) is 14.0 Å². The van der Waals surface area contributed by atoms with E-state index in [0.717, 1.165) is 0 Å². The first-order valence-corrected chi connectivity index (χ1v) is 6.64. The maximum atomic E-state index is 12.2. The predicted molar refractivity (Wildman–Crippen MR) is 75.3 cm³/mol. The standard InChI is InChI=1S/C14H19BF2O4/c1-13(2)14(3,4)21-15(20-13)10-7-6-9(19-12(16)17)8-11(10)18-5/h6-8,12H,1-5H3. The van der Waals surface area contributed by atoms with Crippen LogP contribution in [0.25, 0.3) is 0 Å². The number of rotatable bonds is 4. The van der Waals surface area contributed by atoms with E-state index in [0.29, 0.717) is 11.2 Å². The number of hydrogen-bond donors (Lipinski definition) is 0. The molecule has 0 atom stereocenters. The third-order valence-electron chi connectivity index (χ3n) is 3.94. The fourth-order valence-corrected chi connectivity index (χ4v) is 2.03. The summed E-state index contributed by atoms with van der Waals surface area (Å²) in [5.74, 6) is 0.411. The minimum Gasteiger partial charge on any atom is -0.497 e. The lowest BCUT2D eigenvalue weighted by Gasteiger charge is -2.32. The largest absolute Gasteiger partial charge is 0.498 e. The second-order valence-corrected chi connectivity index (χ2v) is 5.87. The van der Waals surface area contributed by atoms with Gasteiger partial charge in [0.15, 0.2) is 0 Å². The molecule has 2 rings (SSSR count). The molecule has 21 heavy (non-hydrogen) atoms. The summed E-state index contributed by atoms with van der Waals surface area (Å²) in [6.07, 6.45) is 0. The summed E-state index contributed by atoms with van der Waals surface area (Å²) in [6, 6.07) is 4.44. The van der Waals surface area contributed by atoms with Gasteiger partial charge in [-0.1, -0.05) is 6.07 Å². The van der Waals surface area contributed by atoms with Crippen LogP contribution in [0.15, 0.2) is 18.2 Å². The zero-order chi connectivity index (χ0) is 15.8. The number of hydrogen-bond acceptors (Lipinski definition) is 4. The Morgan fingerprint density at radius 1 is 1.10 bits per heavy atom. The third kappa shape index (κ3) is 3.13. The van der Waals surface area contributed by atoms with E-state index in [1.165, 1.54) is 19.2 Å². The molecule has 0 bridgehead atoms. The number of halogens is 2. The van der Waals surface area contributed by atoms with Gasteiger partial charge in [0.2, 0.25) is 0 Å². The van der Waals surface area contributed by atoms with Gasteiger partial charge >= 0.3 is 13.7 Å². The van der Waals surface area contributed by atoms with Gasteiger partial charge in [-0.15, -0.1) is 0 Å². The fraction of sp³-hybridized carbons (Fsp3) is 0.571. The summed E-state index contributed by atoms with van der Waals surface area (Å²) in [6.45, 7) is 4.88. The summed E-state index contributed by atoms with van der Waals surface area (Å²) < 4.78 is 45.9. The highest BCUT2D eigenvalue weighted by Crippen LogP contribution is 2.37. The second-order valence-electron chi connectivity index (χ2n) is 5.87. The monoisotopic (exact) mass is 300 g/mol. The molecule has 4 nitrogen and oxygen atoms in total. The Morgan fingerprint density at radius 3 is 2.14 bits per heavy atom. The predicted octanol–water partition coefficient (Wildman–Crippen LogP) is 2.60. The Bertz CT molecular complexity index is 504. The van der Waals surface area contributed by atoms with Gasteiger partial charge in [0.25, 0.3) is 0 Å². The molecule has 0 aromatic heterocycles. The van der Waals surface area contributed by atoms with Crippen molar-refractivity contribution in [1.82, 2.24) is 0 Å². The molecule has 1 aliphatic heterocycles. The summed E-state index contributed by atoms with van der Waals surface area (Å²) in [5, 5.41) is 0. The lowest BCUT2D eigenvalue weighted by Crippen LogP contribution is -2.41. The summed E-state index contributed by atoms with van der Waals surface area (Å²) in [7, 11) is 0.835. The molecule has 1 fully saturated rings. The van der Waals surface area contributed by atoms with Gasteiger partial charge in [0, 0.05) is 11.5 Å². The Labute approximate surface area is 123 Å². The van der Waals surface area contributed by atoms with Gasteiger partial charge in [-0.2, -0.15) is 8.78 Å². The van der Waals surface area contributed by atoms with Crippen LogP contribution in [0.1, 0.15) is 27.7 Å². The highest BCUT2D eigenvalue weighted by atomic mass is 19.3. The molecular formula is C14H19BF2O4. The van der Waals surface area contributed by atoms with Crippen molar-refractivity contribution in [3.8, 4) is 11.5 Å². The molecule has 0 N–H and O–H groups in total. The average Bonchev–Trinajstić information content (AvgIpc) is 2.57. The van der Waals surface area contributed by atoms with Crippen molar-refractivity contribution >= 4 is 12.6 Å². The van der Waals surface area contributed by atoms with Gasteiger partial charge in [0.1, 0.15) is 11.5 Å². The Hall–Kier alpha value is -1.34. The maximum Gasteiger partial charge on any atom is 0.498 e. The zero-order valence-electron chi connectivity index (χ0n) is 12.8. The molecule has 1 aromatic rings. The normalized spacial score (nSPS) is 19.9. The molecule has 7 heteroatoms. The van der Waals surface area contributed by atoms with Crippen molar-refractivity contribution in [1.29, 1.82) is 0 Å². The Kier molecular flexibility index (Phi) is 4.17. The van der Waals surface area contributed by atoms with Crippen LogP contribution < -0.4 is 14.9 Å². The number of benzene rings is 1. The average molecular weight is 300 g/mol. The van der Waals surface area contributed by atoms with Crippen molar-refractivity contribution in [3.63, 3.8) is 0 Å². The lowest BCUT2D eigenvalue weighted by atomic mass is 9.78. The Balaban J connectivity index is 2.29. The smallest absolute Gasteiger partial charge is 0.497 e. The lowest BCUT2D eigenvalue weighted by molar-refractivity contribution is -0.0499. The second kappa shape index (κ2) is 5.46. The third-order valence-corrected chi connectivity index (χ3v) is 3.94. The molecule has 0 spiro atoms. The summed E-state index contributed by atoms with van der Waals surface area (Å²) in [5.41, 5.74) is -0.334. The first-order valence-electron chi connectivity index (χ1n) is 6.64. The van der Waals surface area contributed by atoms with E-state index in [-0.39, 0.29) is 5.75 Å². The van der Waals surface area contributed by atoms with E-state index in [9.17, 15) is 8.78 Å². The van der Waals surface area contributed by atoms with Crippen molar-refractivity contribution < 1.29 is 27.6 Å². The van der Waals surface area contributed by atoms with Crippen LogP contribution in [0.4, 0.5) is 8.78 Å². The van der Waals surface area contributed by atoms with Gasteiger partial charge < -0.3 is 18.8 Å². The number of methoxy groups -OCH3 is 1. The molecule has 1 heterocycles. The number of ether oxygens (including phenoxy) is 2. The van der Waals surface area contributed by atoms with Crippen molar-refractivity contribution in [2.75, 3.05) is 7.11 Å². The van der Waals surface area contributed by atoms with Crippen molar-refractivity contribution in [2.45, 2.75) is 45.5 Å². The molecule has 116 valence electrons. The zero-order valence-corrected chi connectivity index (χ0v) is 12.8. The minimum absolute atomic E-state index is 0.0297. The van der Waals surface area contributed by atoms with Crippen LogP contribution in [0.5, 0.6) is 11.5 Å². The van der Waals surface area contributed by atoms with Gasteiger partial charge in [-0.3, -0.25) is 0 Å². The van der Waals surface area contributed by atoms with Crippen LogP contribution in [-0.4, -0.2) is 32.0 Å². The maximum absolute atomic E-state index is 12.2. The van der Waals surface area contributed by atoms with E-state index in [2.05, 4.69) is 4.74 Å². The molecular weight excluding hydrogens is 281 g/mol. The number of alkyl halides is 2. The van der Waals surface area contributed by atoms with Crippen LogP contribution >= 0.6 is 0 Å². The molecule has 1 saturated heterocycles. The fourth-order valence-electron chi connectivity index (χ4n) is 2.03. The topological polar surface area (TPSA) is 36.9 Å². The summed E-state index contributed by atoms with van der Waals surface area (Å²) in [4.78, 5) is 0. The van der Waals surface area contributed by atoms with Crippen LogP contribution in [0.3, 0.4) is 0 Å². The summed E-state index contributed by atoms with van der Waals surface area (Å²) >= 11 is 0. The van der Waals surface area contributed by atoms with Gasteiger partial charge in [0.05, 0.1) is 18.3 Å². The van der Waals surface area contributed by atoms with Gasteiger partial charge in [-0.25, -0.2) is 0 Å². The van der Waals surface area contributed by atoms with Gasteiger partial charge in [-0.05, 0) is 33.8 Å². The minimum atomic E-state index is -2.88. The van der Waals surface area contributed by atoms with E-state index in [1.807, 2.05) is 27.7 Å². The van der Waals surface area contributed by atoms with Crippen molar-refractivity contribution in [2.24, 2.45) is 0 Å². The van der Waals surface area contributed by atoms with E-state index >= 15 is 0 Å². The molecule has 0 saturated carbocycles. The van der Waals surface area contributed by atoms with Crippen LogP contribution in [0.2, 0.25) is 0 Å². The molecule has 1 aliphatic rings.